The molecule has 3 aromatic heterocycles. The van der Waals surface area contributed by atoms with Crippen LogP contribution in [0.25, 0.3) is 5.65 Å². The van der Waals surface area contributed by atoms with Crippen molar-refractivity contribution < 1.29 is 0 Å². The first-order chi connectivity index (χ1) is 10.3. The van der Waals surface area contributed by atoms with Gasteiger partial charge in [0.15, 0.2) is 5.65 Å². The number of fused-ring (bicyclic) bond motifs is 1. The van der Waals surface area contributed by atoms with Gasteiger partial charge in [0, 0.05) is 25.9 Å². The van der Waals surface area contributed by atoms with E-state index in [1.165, 1.54) is 0 Å². The van der Waals surface area contributed by atoms with Crippen LogP contribution in [0, 0.1) is 11.8 Å². The lowest BCUT2D eigenvalue weighted by Gasteiger charge is -1.99. The van der Waals surface area contributed by atoms with Crippen LogP contribution in [0.3, 0.4) is 0 Å². The fourth-order valence-corrected chi connectivity index (χ4v) is 1.87. The lowest BCUT2D eigenvalue weighted by molar-refractivity contribution is 0.926. The first-order valence-electron chi connectivity index (χ1n) is 6.48. The molecule has 0 fully saturated rings. The van der Waals surface area contributed by atoms with E-state index in [1.807, 2.05) is 38.4 Å². The maximum absolute atomic E-state index is 4.42. The van der Waals surface area contributed by atoms with Gasteiger partial charge in [-0.1, -0.05) is 5.92 Å². The smallest absolute Gasteiger partial charge is 0.155 e. The Kier molecular flexibility index (Phi) is 3.39. The predicted octanol–water partition coefficient (Wildman–Crippen LogP) is 1.61. The second kappa shape index (κ2) is 5.51. The number of rotatable bonds is 2. The first kappa shape index (κ1) is 12.9. The molecule has 0 aliphatic heterocycles. The summed E-state index contributed by atoms with van der Waals surface area (Å²) in [6.07, 6.45) is 3.44. The van der Waals surface area contributed by atoms with Crippen molar-refractivity contribution in [2.45, 2.75) is 0 Å². The molecule has 0 saturated heterocycles. The Bertz CT molecular complexity index is 840. The van der Waals surface area contributed by atoms with E-state index in [2.05, 4.69) is 37.5 Å². The molecule has 0 aliphatic rings. The molecule has 21 heavy (non-hydrogen) atoms. The van der Waals surface area contributed by atoms with E-state index >= 15 is 0 Å². The molecule has 6 heteroatoms. The Labute approximate surface area is 122 Å². The summed E-state index contributed by atoms with van der Waals surface area (Å²) in [7, 11) is 3.65. The van der Waals surface area contributed by atoms with Crippen molar-refractivity contribution in [2.24, 2.45) is 0 Å². The van der Waals surface area contributed by atoms with Crippen LogP contribution in [0.5, 0.6) is 0 Å². The topological polar surface area (TPSA) is 67.1 Å². The van der Waals surface area contributed by atoms with Gasteiger partial charge in [-0.2, -0.15) is 0 Å². The number of nitrogens with zero attached hydrogens (tertiary/aromatic N) is 4. The Morgan fingerprint density at radius 3 is 2.67 bits per heavy atom. The predicted molar refractivity (Wildman–Crippen MR) is 82.3 cm³/mol. The molecular formula is C15H14N6. The second-order valence-corrected chi connectivity index (χ2v) is 4.31. The number of anilines is 2. The highest BCUT2D eigenvalue weighted by Gasteiger charge is 2.02. The molecule has 0 atom stereocenters. The van der Waals surface area contributed by atoms with Crippen molar-refractivity contribution >= 4 is 17.3 Å². The minimum atomic E-state index is 0.741. The van der Waals surface area contributed by atoms with Crippen molar-refractivity contribution in [3.05, 3.63) is 47.9 Å². The van der Waals surface area contributed by atoms with Gasteiger partial charge in [0.25, 0.3) is 0 Å². The number of pyridine rings is 1. The standard InChI is InChI=1S/C15H14N6/c1-16-13-5-6-15-19-10-12(21(15)20-13)4-3-11-7-8-18-14(9-11)17-2/h5-10H,1-2H3,(H,16,20)(H,17,18). The quantitative estimate of drug-likeness (QED) is 0.697. The maximum atomic E-state index is 4.42. The SMILES string of the molecule is CNc1cc(C#Cc2cnc3ccc(NC)nn23)ccn1. The molecule has 0 unspecified atom stereocenters. The molecule has 104 valence electrons. The molecule has 0 aliphatic carbocycles. The van der Waals surface area contributed by atoms with Crippen LogP contribution in [-0.4, -0.2) is 33.7 Å². The summed E-state index contributed by atoms with van der Waals surface area (Å²) in [4.78, 5) is 8.44. The third-order valence-electron chi connectivity index (χ3n) is 2.97. The Morgan fingerprint density at radius 1 is 1.00 bits per heavy atom. The zero-order chi connectivity index (χ0) is 14.7. The van der Waals surface area contributed by atoms with Crippen LogP contribution in [0.4, 0.5) is 11.6 Å². The summed E-state index contributed by atoms with van der Waals surface area (Å²) in [6, 6.07) is 7.53. The van der Waals surface area contributed by atoms with Gasteiger partial charge >= 0.3 is 0 Å². The molecule has 2 N–H and O–H groups in total. The monoisotopic (exact) mass is 278 g/mol. The van der Waals surface area contributed by atoms with Gasteiger partial charge in [0.1, 0.15) is 17.3 Å². The Morgan fingerprint density at radius 2 is 1.86 bits per heavy atom. The summed E-state index contributed by atoms with van der Waals surface area (Å²) in [5, 5.41) is 10.4. The molecule has 0 radical (unpaired) electrons. The maximum Gasteiger partial charge on any atom is 0.155 e. The summed E-state index contributed by atoms with van der Waals surface area (Å²) in [6.45, 7) is 0. The van der Waals surface area contributed by atoms with Crippen LogP contribution in [-0.2, 0) is 0 Å². The molecule has 0 spiro atoms. The van der Waals surface area contributed by atoms with Crippen molar-refractivity contribution in [3.8, 4) is 11.8 Å². The van der Waals surface area contributed by atoms with Gasteiger partial charge in [-0.15, -0.1) is 5.10 Å². The van der Waals surface area contributed by atoms with Gasteiger partial charge in [-0.3, -0.25) is 0 Å². The average Bonchev–Trinajstić information content (AvgIpc) is 2.95. The molecule has 0 saturated carbocycles. The molecular weight excluding hydrogens is 264 g/mol. The van der Waals surface area contributed by atoms with Crippen LogP contribution < -0.4 is 10.6 Å². The van der Waals surface area contributed by atoms with E-state index in [1.54, 1.807) is 16.9 Å². The van der Waals surface area contributed by atoms with Crippen molar-refractivity contribution in [1.29, 1.82) is 0 Å². The fourth-order valence-electron chi connectivity index (χ4n) is 1.87. The number of imidazole rings is 1. The molecule has 3 heterocycles. The highest BCUT2D eigenvalue weighted by molar-refractivity contribution is 5.50. The Balaban J connectivity index is 2.00. The van der Waals surface area contributed by atoms with Gasteiger partial charge in [-0.05, 0) is 30.2 Å². The first-order valence-corrected chi connectivity index (χ1v) is 6.48. The number of aromatic nitrogens is 4. The fraction of sp³-hybridized carbons (Fsp3) is 0.133. The van der Waals surface area contributed by atoms with Crippen LogP contribution in [0.1, 0.15) is 11.3 Å². The largest absolute Gasteiger partial charge is 0.373 e. The van der Waals surface area contributed by atoms with Crippen LogP contribution in [0.15, 0.2) is 36.7 Å². The molecule has 6 nitrogen and oxygen atoms in total. The molecule has 0 bridgehead atoms. The van der Waals surface area contributed by atoms with Gasteiger partial charge in [-0.25, -0.2) is 14.5 Å². The third kappa shape index (κ3) is 2.62. The van der Waals surface area contributed by atoms with Crippen molar-refractivity contribution in [1.82, 2.24) is 19.6 Å². The third-order valence-corrected chi connectivity index (χ3v) is 2.97. The van der Waals surface area contributed by atoms with Gasteiger partial charge in [0.2, 0.25) is 0 Å². The summed E-state index contributed by atoms with van der Waals surface area (Å²) < 4.78 is 1.72. The van der Waals surface area contributed by atoms with E-state index in [4.69, 9.17) is 0 Å². The molecule has 3 aromatic rings. The summed E-state index contributed by atoms with van der Waals surface area (Å²) in [5.41, 5.74) is 2.39. The highest BCUT2D eigenvalue weighted by atomic mass is 15.3. The van der Waals surface area contributed by atoms with Gasteiger partial charge in [0.05, 0.1) is 6.20 Å². The summed E-state index contributed by atoms with van der Waals surface area (Å²) in [5.74, 6) is 7.75. The normalized spacial score (nSPS) is 10.0. The van der Waals surface area contributed by atoms with E-state index in [0.29, 0.717) is 0 Å². The van der Waals surface area contributed by atoms with E-state index < -0.39 is 0 Å². The molecule has 0 aromatic carbocycles. The Hall–Kier alpha value is -3.07. The van der Waals surface area contributed by atoms with E-state index in [-0.39, 0.29) is 0 Å². The summed E-state index contributed by atoms with van der Waals surface area (Å²) >= 11 is 0. The van der Waals surface area contributed by atoms with Crippen LogP contribution >= 0.6 is 0 Å². The minimum Gasteiger partial charge on any atom is -0.373 e. The molecule has 3 rings (SSSR count). The highest BCUT2D eigenvalue weighted by Crippen LogP contribution is 2.09. The number of hydrogen-bond donors (Lipinski definition) is 2. The lowest BCUT2D eigenvalue weighted by Crippen LogP contribution is -1.99. The zero-order valence-electron chi connectivity index (χ0n) is 11.8. The molecule has 0 amide bonds. The van der Waals surface area contributed by atoms with E-state index in [9.17, 15) is 0 Å². The van der Waals surface area contributed by atoms with Crippen molar-refractivity contribution in [3.63, 3.8) is 0 Å². The van der Waals surface area contributed by atoms with Crippen LogP contribution in [0.2, 0.25) is 0 Å². The lowest BCUT2D eigenvalue weighted by atomic mass is 10.2. The van der Waals surface area contributed by atoms with Crippen molar-refractivity contribution in [2.75, 3.05) is 24.7 Å². The second-order valence-electron chi connectivity index (χ2n) is 4.31. The number of nitrogens with one attached hydrogen (secondary N) is 2. The minimum absolute atomic E-state index is 0.741. The van der Waals surface area contributed by atoms with E-state index in [0.717, 1.165) is 28.5 Å². The van der Waals surface area contributed by atoms with Gasteiger partial charge < -0.3 is 10.6 Å². The zero-order valence-corrected chi connectivity index (χ0v) is 11.8. The average molecular weight is 278 g/mol. The number of hydrogen-bond acceptors (Lipinski definition) is 5.